The van der Waals surface area contributed by atoms with E-state index in [0.29, 0.717) is 0 Å². The first kappa shape index (κ1) is 7.10. The first-order chi connectivity index (χ1) is 4.83. The molecule has 0 fully saturated rings. The van der Waals surface area contributed by atoms with Crippen LogP contribution in [0, 0.1) is 11.5 Å². The predicted molar refractivity (Wildman–Crippen MR) is 41.4 cm³/mol. The SMILES string of the molecule is CN(C#N)Cc1cccs1. The van der Waals surface area contributed by atoms with Crippen LogP contribution in [0.5, 0.6) is 0 Å². The van der Waals surface area contributed by atoms with E-state index in [1.165, 1.54) is 4.88 Å². The zero-order valence-corrected chi connectivity index (χ0v) is 6.56. The molecule has 1 aromatic heterocycles. The summed E-state index contributed by atoms with van der Waals surface area (Å²) < 4.78 is 0. The van der Waals surface area contributed by atoms with Crippen molar-refractivity contribution in [3.05, 3.63) is 22.4 Å². The standard InChI is InChI=1S/C7H8N2S/c1-9(6-8)5-7-3-2-4-10-7/h2-4H,5H2,1H3. The van der Waals surface area contributed by atoms with E-state index in [4.69, 9.17) is 5.26 Å². The molecule has 0 N–H and O–H groups in total. The van der Waals surface area contributed by atoms with Crippen LogP contribution in [0.4, 0.5) is 0 Å². The fraction of sp³-hybridized carbons (Fsp3) is 0.286. The summed E-state index contributed by atoms with van der Waals surface area (Å²) >= 11 is 1.67. The second-order valence-corrected chi connectivity index (χ2v) is 3.07. The topological polar surface area (TPSA) is 27.0 Å². The molecule has 0 atom stereocenters. The van der Waals surface area contributed by atoms with Gasteiger partial charge in [0.1, 0.15) is 0 Å². The second kappa shape index (κ2) is 3.23. The van der Waals surface area contributed by atoms with Crippen LogP contribution in [-0.4, -0.2) is 11.9 Å². The molecule has 0 amide bonds. The Labute approximate surface area is 64.3 Å². The Bertz CT molecular complexity index is 222. The Kier molecular flexibility index (Phi) is 2.30. The molecule has 1 aromatic rings. The van der Waals surface area contributed by atoms with E-state index in [2.05, 4.69) is 0 Å². The van der Waals surface area contributed by atoms with Crippen molar-refractivity contribution in [3.63, 3.8) is 0 Å². The minimum atomic E-state index is 0.730. The van der Waals surface area contributed by atoms with Gasteiger partial charge >= 0.3 is 0 Å². The molecule has 0 aromatic carbocycles. The molecule has 10 heavy (non-hydrogen) atoms. The van der Waals surface area contributed by atoms with Crippen molar-refractivity contribution >= 4 is 11.3 Å². The molecule has 0 aliphatic carbocycles. The molecular formula is C7H8N2S. The highest BCUT2D eigenvalue weighted by atomic mass is 32.1. The van der Waals surface area contributed by atoms with Gasteiger partial charge in [-0.25, -0.2) is 0 Å². The summed E-state index contributed by atoms with van der Waals surface area (Å²) in [6.45, 7) is 0.730. The van der Waals surface area contributed by atoms with Gasteiger partial charge in [0.25, 0.3) is 0 Å². The normalized spacial score (nSPS) is 8.80. The maximum Gasteiger partial charge on any atom is 0.179 e. The molecule has 0 saturated carbocycles. The molecule has 2 nitrogen and oxygen atoms in total. The lowest BCUT2D eigenvalue weighted by Crippen LogP contribution is -2.08. The molecule has 0 saturated heterocycles. The summed E-state index contributed by atoms with van der Waals surface area (Å²) in [5, 5.41) is 10.4. The maximum atomic E-state index is 8.41. The molecule has 0 spiro atoms. The van der Waals surface area contributed by atoms with Crippen molar-refractivity contribution in [1.29, 1.82) is 5.26 Å². The average molecular weight is 152 g/mol. The van der Waals surface area contributed by atoms with E-state index in [1.54, 1.807) is 23.3 Å². The quantitative estimate of drug-likeness (QED) is 0.476. The average Bonchev–Trinajstić information content (AvgIpc) is 2.40. The minimum absolute atomic E-state index is 0.730. The van der Waals surface area contributed by atoms with Crippen LogP contribution in [0.2, 0.25) is 0 Å². The van der Waals surface area contributed by atoms with Gasteiger partial charge in [-0.05, 0) is 11.4 Å². The summed E-state index contributed by atoms with van der Waals surface area (Å²) in [7, 11) is 1.78. The predicted octanol–water partition coefficient (Wildman–Crippen LogP) is 1.66. The van der Waals surface area contributed by atoms with Crippen molar-refractivity contribution in [2.45, 2.75) is 6.54 Å². The highest BCUT2D eigenvalue weighted by Gasteiger charge is 1.95. The Hall–Kier alpha value is -1.01. The summed E-state index contributed by atoms with van der Waals surface area (Å²) in [5.41, 5.74) is 0. The maximum absolute atomic E-state index is 8.41. The Morgan fingerprint density at radius 1 is 1.80 bits per heavy atom. The largest absolute Gasteiger partial charge is 0.308 e. The molecule has 0 aliphatic heterocycles. The van der Waals surface area contributed by atoms with Crippen LogP contribution in [0.3, 0.4) is 0 Å². The summed E-state index contributed by atoms with van der Waals surface area (Å²) in [5.74, 6) is 0. The third-order valence-corrected chi connectivity index (χ3v) is 2.00. The van der Waals surface area contributed by atoms with Gasteiger partial charge in [0.2, 0.25) is 0 Å². The zero-order valence-electron chi connectivity index (χ0n) is 5.74. The van der Waals surface area contributed by atoms with Gasteiger partial charge < -0.3 is 4.90 Å². The summed E-state index contributed by atoms with van der Waals surface area (Å²) in [6.07, 6.45) is 2.04. The van der Waals surface area contributed by atoms with Crippen molar-refractivity contribution in [1.82, 2.24) is 4.90 Å². The van der Waals surface area contributed by atoms with E-state index in [1.807, 2.05) is 23.7 Å². The fourth-order valence-corrected chi connectivity index (χ4v) is 1.43. The van der Waals surface area contributed by atoms with Crippen LogP contribution in [0.1, 0.15) is 4.88 Å². The van der Waals surface area contributed by atoms with Crippen LogP contribution >= 0.6 is 11.3 Å². The third-order valence-electron chi connectivity index (χ3n) is 1.14. The molecule has 0 bridgehead atoms. The van der Waals surface area contributed by atoms with Crippen LogP contribution in [-0.2, 0) is 6.54 Å². The lowest BCUT2D eigenvalue weighted by atomic mass is 10.4. The first-order valence-corrected chi connectivity index (χ1v) is 3.84. The Morgan fingerprint density at radius 3 is 3.10 bits per heavy atom. The van der Waals surface area contributed by atoms with E-state index in [0.717, 1.165) is 6.54 Å². The van der Waals surface area contributed by atoms with Gasteiger partial charge in [-0.1, -0.05) is 6.07 Å². The molecule has 1 rings (SSSR count). The van der Waals surface area contributed by atoms with Crippen molar-refractivity contribution < 1.29 is 0 Å². The van der Waals surface area contributed by atoms with Gasteiger partial charge in [-0.2, -0.15) is 5.26 Å². The molecule has 0 aliphatic rings. The number of rotatable bonds is 2. The number of hydrogen-bond acceptors (Lipinski definition) is 3. The van der Waals surface area contributed by atoms with Gasteiger partial charge in [0.05, 0.1) is 6.54 Å². The van der Waals surface area contributed by atoms with Crippen molar-refractivity contribution in [2.75, 3.05) is 7.05 Å². The van der Waals surface area contributed by atoms with Gasteiger partial charge in [0, 0.05) is 11.9 Å². The fourth-order valence-electron chi connectivity index (χ4n) is 0.672. The molecule has 1 heterocycles. The van der Waals surface area contributed by atoms with Crippen LogP contribution < -0.4 is 0 Å². The highest BCUT2D eigenvalue weighted by molar-refractivity contribution is 7.09. The number of hydrogen-bond donors (Lipinski definition) is 0. The second-order valence-electron chi connectivity index (χ2n) is 2.04. The van der Waals surface area contributed by atoms with Gasteiger partial charge in [-0.3, -0.25) is 0 Å². The minimum Gasteiger partial charge on any atom is -0.308 e. The van der Waals surface area contributed by atoms with Crippen molar-refractivity contribution in [2.24, 2.45) is 0 Å². The smallest absolute Gasteiger partial charge is 0.179 e. The van der Waals surface area contributed by atoms with E-state index >= 15 is 0 Å². The van der Waals surface area contributed by atoms with Crippen LogP contribution in [0.25, 0.3) is 0 Å². The number of nitrogens with zero attached hydrogens (tertiary/aromatic N) is 2. The summed E-state index contributed by atoms with van der Waals surface area (Å²) in [4.78, 5) is 2.83. The first-order valence-electron chi connectivity index (χ1n) is 2.96. The molecule has 0 unspecified atom stereocenters. The molecule has 0 radical (unpaired) electrons. The third kappa shape index (κ3) is 1.74. The van der Waals surface area contributed by atoms with E-state index < -0.39 is 0 Å². The zero-order chi connectivity index (χ0) is 7.40. The van der Waals surface area contributed by atoms with Gasteiger partial charge in [0.15, 0.2) is 6.19 Å². The molecule has 3 heteroatoms. The van der Waals surface area contributed by atoms with Crippen LogP contribution in [0.15, 0.2) is 17.5 Å². The number of nitriles is 1. The lowest BCUT2D eigenvalue weighted by Gasteiger charge is -2.04. The van der Waals surface area contributed by atoms with E-state index in [9.17, 15) is 0 Å². The highest BCUT2D eigenvalue weighted by Crippen LogP contribution is 2.09. The molecule has 52 valence electrons. The lowest BCUT2D eigenvalue weighted by molar-refractivity contribution is 0.474. The monoisotopic (exact) mass is 152 g/mol. The Morgan fingerprint density at radius 2 is 2.60 bits per heavy atom. The van der Waals surface area contributed by atoms with Crippen molar-refractivity contribution in [3.8, 4) is 6.19 Å². The Balaban J connectivity index is 2.50. The molecular weight excluding hydrogens is 144 g/mol. The van der Waals surface area contributed by atoms with E-state index in [-0.39, 0.29) is 0 Å². The van der Waals surface area contributed by atoms with Gasteiger partial charge in [-0.15, -0.1) is 11.3 Å². The summed E-state index contributed by atoms with van der Waals surface area (Å²) in [6, 6.07) is 4.02. The number of thiophene rings is 1.